The van der Waals surface area contributed by atoms with E-state index in [0.717, 1.165) is 30.3 Å². The van der Waals surface area contributed by atoms with Crippen molar-refractivity contribution < 1.29 is 21.6 Å². The number of anilines is 2. The van der Waals surface area contributed by atoms with Crippen molar-refractivity contribution in [2.45, 2.75) is 23.3 Å². The Morgan fingerprint density at radius 2 is 1.86 bits per heavy atom. The van der Waals surface area contributed by atoms with E-state index in [9.17, 15) is 21.6 Å². The second-order valence-corrected chi connectivity index (χ2v) is 9.35. The van der Waals surface area contributed by atoms with Crippen LogP contribution in [0.2, 0.25) is 5.02 Å². The summed E-state index contributed by atoms with van der Waals surface area (Å²) in [5.74, 6) is -2.18. The SMILES string of the molecule is O=S(=O)(Nc1cscn1)c1cc(Cl)c(NC2(c3cc(F)ccc3F)CC2)cc1F. The summed E-state index contributed by atoms with van der Waals surface area (Å²) in [6.07, 6.45) is 0.966. The van der Waals surface area contributed by atoms with Gasteiger partial charge >= 0.3 is 0 Å². The number of rotatable bonds is 6. The molecule has 0 saturated heterocycles. The molecule has 1 aliphatic rings. The average Bonchev–Trinajstić information content (AvgIpc) is 3.25. The van der Waals surface area contributed by atoms with Crippen molar-refractivity contribution in [2.24, 2.45) is 0 Å². The van der Waals surface area contributed by atoms with Crippen LogP contribution < -0.4 is 10.0 Å². The molecule has 1 aromatic heterocycles. The highest BCUT2D eigenvalue weighted by Gasteiger charge is 2.47. The number of nitrogens with one attached hydrogen (secondary N) is 2. The minimum absolute atomic E-state index is 0.0613. The van der Waals surface area contributed by atoms with E-state index in [4.69, 9.17) is 11.6 Å². The van der Waals surface area contributed by atoms with Gasteiger partial charge in [0.25, 0.3) is 10.0 Å². The van der Waals surface area contributed by atoms with Gasteiger partial charge in [-0.05, 0) is 43.2 Å². The van der Waals surface area contributed by atoms with Gasteiger partial charge < -0.3 is 5.32 Å². The van der Waals surface area contributed by atoms with Gasteiger partial charge in [-0.2, -0.15) is 0 Å². The molecule has 2 aromatic carbocycles. The Hall–Kier alpha value is -2.30. The lowest BCUT2D eigenvalue weighted by Crippen LogP contribution is -2.21. The summed E-state index contributed by atoms with van der Waals surface area (Å²) in [5, 5.41) is 4.32. The third-order valence-electron chi connectivity index (χ3n) is 4.55. The monoisotopic (exact) mass is 459 g/mol. The zero-order valence-electron chi connectivity index (χ0n) is 14.5. The number of benzene rings is 2. The molecule has 0 amide bonds. The van der Waals surface area contributed by atoms with Crippen LogP contribution in [-0.4, -0.2) is 13.4 Å². The number of hydrogen-bond donors (Lipinski definition) is 2. The molecule has 0 unspecified atom stereocenters. The molecule has 152 valence electrons. The number of thiazole rings is 1. The minimum Gasteiger partial charge on any atom is -0.374 e. The maximum absolute atomic E-state index is 14.6. The quantitative estimate of drug-likeness (QED) is 0.537. The van der Waals surface area contributed by atoms with Crippen molar-refractivity contribution in [1.29, 1.82) is 0 Å². The Morgan fingerprint density at radius 3 is 2.52 bits per heavy atom. The summed E-state index contributed by atoms with van der Waals surface area (Å²) >= 11 is 7.35. The van der Waals surface area contributed by atoms with E-state index < -0.39 is 37.9 Å². The number of sulfonamides is 1. The van der Waals surface area contributed by atoms with Crippen molar-refractivity contribution in [3.8, 4) is 0 Å². The molecule has 0 spiro atoms. The van der Waals surface area contributed by atoms with Gasteiger partial charge in [0.05, 0.1) is 21.8 Å². The highest BCUT2D eigenvalue weighted by Crippen LogP contribution is 2.50. The number of hydrogen-bond acceptors (Lipinski definition) is 5. The molecule has 4 rings (SSSR count). The Balaban J connectivity index is 1.65. The van der Waals surface area contributed by atoms with Crippen molar-refractivity contribution in [2.75, 3.05) is 10.0 Å². The average molecular weight is 460 g/mol. The molecule has 0 radical (unpaired) electrons. The van der Waals surface area contributed by atoms with Gasteiger partial charge in [-0.15, -0.1) is 11.3 Å². The molecule has 0 aliphatic heterocycles. The maximum atomic E-state index is 14.6. The standard InChI is InChI=1S/C18H13ClF3N3O2S2/c19-12-6-16(29(26,27)25-17-8-28-9-23-17)14(22)7-15(12)24-18(3-4-18)11-5-10(20)1-2-13(11)21/h1-2,5-9,24-25H,3-4H2. The zero-order valence-corrected chi connectivity index (χ0v) is 16.9. The smallest absolute Gasteiger partial charge is 0.266 e. The van der Waals surface area contributed by atoms with Crippen molar-refractivity contribution >= 4 is 44.5 Å². The van der Waals surface area contributed by atoms with Crippen molar-refractivity contribution in [1.82, 2.24) is 4.98 Å². The maximum Gasteiger partial charge on any atom is 0.266 e. The second-order valence-electron chi connectivity index (χ2n) is 6.57. The van der Waals surface area contributed by atoms with Gasteiger partial charge in [0.1, 0.15) is 22.3 Å². The lowest BCUT2D eigenvalue weighted by atomic mass is 10.0. The first-order valence-corrected chi connectivity index (χ1v) is 11.1. The van der Waals surface area contributed by atoms with E-state index in [1.807, 2.05) is 0 Å². The summed E-state index contributed by atoms with van der Waals surface area (Å²) in [6, 6.07) is 5.00. The van der Waals surface area contributed by atoms with E-state index in [-0.39, 0.29) is 22.1 Å². The highest BCUT2D eigenvalue weighted by atomic mass is 35.5. The Morgan fingerprint density at radius 1 is 1.10 bits per heavy atom. The molecular formula is C18H13ClF3N3O2S2. The van der Waals surface area contributed by atoms with Crippen LogP contribution in [0.1, 0.15) is 18.4 Å². The molecule has 0 bridgehead atoms. The highest BCUT2D eigenvalue weighted by molar-refractivity contribution is 7.92. The Kier molecular flexibility index (Phi) is 4.96. The molecule has 1 heterocycles. The lowest BCUT2D eigenvalue weighted by Gasteiger charge is -2.21. The first-order chi connectivity index (χ1) is 13.7. The summed E-state index contributed by atoms with van der Waals surface area (Å²) < 4.78 is 69.4. The Labute approximate surface area is 173 Å². The van der Waals surface area contributed by atoms with Crippen LogP contribution in [-0.2, 0) is 15.6 Å². The summed E-state index contributed by atoms with van der Waals surface area (Å²) in [5.41, 5.74) is 0.685. The molecule has 5 nitrogen and oxygen atoms in total. The number of aromatic nitrogens is 1. The van der Waals surface area contributed by atoms with E-state index in [1.54, 1.807) is 0 Å². The van der Waals surface area contributed by atoms with Gasteiger partial charge in [0.2, 0.25) is 0 Å². The van der Waals surface area contributed by atoms with Crippen LogP contribution in [0.4, 0.5) is 24.7 Å². The summed E-state index contributed by atoms with van der Waals surface area (Å²) in [4.78, 5) is 3.15. The zero-order chi connectivity index (χ0) is 20.8. The predicted molar refractivity (Wildman–Crippen MR) is 105 cm³/mol. The first kappa shape index (κ1) is 20.0. The van der Waals surface area contributed by atoms with E-state index in [2.05, 4.69) is 15.0 Å². The van der Waals surface area contributed by atoms with Crippen LogP contribution >= 0.6 is 22.9 Å². The van der Waals surface area contributed by atoms with Crippen LogP contribution in [0, 0.1) is 17.5 Å². The third kappa shape index (κ3) is 3.92. The summed E-state index contributed by atoms with van der Waals surface area (Å²) in [7, 11) is -4.25. The van der Waals surface area contributed by atoms with Crippen LogP contribution in [0.15, 0.2) is 46.1 Å². The van der Waals surface area contributed by atoms with Crippen LogP contribution in [0.5, 0.6) is 0 Å². The predicted octanol–water partition coefficient (Wildman–Crippen LogP) is 5.12. The van der Waals surface area contributed by atoms with E-state index in [0.29, 0.717) is 12.8 Å². The fourth-order valence-corrected chi connectivity index (χ4v) is 4.91. The molecule has 0 atom stereocenters. The topological polar surface area (TPSA) is 71.1 Å². The molecule has 1 saturated carbocycles. The normalized spacial score (nSPS) is 15.2. The van der Waals surface area contributed by atoms with Crippen molar-refractivity contribution in [3.05, 3.63) is 69.3 Å². The third-order valence-corrected chi connectivity index (χ3v) is 6.82. The van der Waals surface area contributed by atoms with Gasteiger partial charge in [0, 0.05) is 10.9 Å². The molecule has 1 aliphatic carbocycles. The minimum atomic E-state index is -4.25. The van der Waals surface area contributed by atoms with Gasteiger partial charge in [-0.1, -0.05) is 11.6 Å². The fourth-order valence-electron chi connectivity index (χ4n) is 2.99. The van der Waals surface area contributed by atoms with Crippen LogP contribution in [0.25, 0.3) is 0 Å². The summed E-state index contributed by atoms with van der Waals surface area (Å²) in [6.45, 7) is 0. The number of nitrogens with zero attached hydrogens (tertiary/aromatic N) is 1. The van der Waals surface area contributed by atoms with E-state index >= 15 is 0 Å². The van der Waals surface area contributed by atoms with Gasteiger partial charge in [-0.25, -0.2) is 26.6 Å². The molecular weight excluding hydrogens is 447 g/mol. The molecule has 29 heavy (non-hydrogen) atoms. The number of halogens is 4. The Bertz CT molecular complexity index is 1180. The van der Waals surface area contributed by atoms with Crippen LogP contribution in [0.3, 0.4) is 0 Å². The second kappa shape index (κ2) is 7.19. The van der Waals surface area contributed by atoms with Gasteiger partial charge in [-0.3, -0.25) is 4.72 Å². The van der Waals surface area contributed by atoms with Gasteiger partial charge in [0.15, 0.2) is 5.82 Å². The first-order valence-electron chi connectivity index (χ1n) is 8.34. The lowest BCUT2D eigenvalue weighted by molar-refractivity contribution is 0.565. The van der Waals surface area contributed by atoms with Crippen molar-refractivity contribution in [3.63, 3.8) is 0 Å². The molecule has 3 aromatic rings. The largest absolute Gasteiger partial charge is 0.374 e. The molecule has 2 N–H and O–H groups in total. The molecule has 1 fully saturated rings. The van der Waals surface area contributed by atoms with E-state index in [1.165, 1.54) is 22.2 Å². The fraction of sp³-hybridized carbons (Fsp3) is 0.167. The molecule has 11 heteroatoms.